The molecule has 4 rings (SSSR count). The lowest BCUT2D eigenvalue weighted by Crippen LogP contribution is -2.45. The van der Waals surface area contributed by atoms with Gasteiger partial charge in [-0.1, -0.05) is 6.07 Å². The SMILES string of the molecule is CCOC(=O)CCN1C(=O)C(C)Oc2ccc(-c3csc(-c4ccccn4)n3)cc21. The number of ether oxygens (including phenoxy) is 2. The number of hydrogen-bond donors (Lipinski definition) is 0. The Labute approximate surface area is 178 Å². The number of fused-ring (bicyclic) bond motifs is 1. The van der Waals surface area contributed by atoms with Gasteiger partial charge in [0.25, 0.3) is 5.91 Å². The number of amides is 1. The molecule has 7 nitrogen and oxygen atoms in total. The molecule has 0 radical (unpaired) electrons. The van der Waals surface area contributed by atoms with Crippen LogP contribution in [0.2, 0.25) is 0 Å². The molecule has 1 aliphatic heterocycles. The molecule has 1 atom stereocenters. The van der Waals surface area contributed by atoms with Crippen LogP contribution < -0.4 is 9.64 Å². The van der Waals surface area contributed by atoms with Crippen molar-refractivity contribution >= 4 is 28.9 Å². The highest BCUT2D eigenvalue weighted by Crippen LogP contribution is 2.38. The van der Waals surface area contributed by atoms with Gasteiger partial charge in [-0.15, -0.1) is 11.3 Å². The maximum Gasteiger partial charge on any atom is 0.307 e. The van der Waals surface area contributed by atoms with Crippen molar-refractivity contribution in [2.45, 2.75) is 26.4 Å². The zero-order chi connectivity index (χ0) is 21.1. The van der Waals surface area contributed by atoms with Gasteiger partial charge in [0.05, 0.1) is 30.1 Å². The Kier molecular flexibility index (Phi) is 5.76. The Morgan fingerprint density at radius 1 is 1.27 bits per heavy atom. The lowest BCUT2D eigenvalue weighted by molar-refractivity contribution is -0.142. The largest absolute Gasteiger partial charge is 0.479 e. The van der Waals surface area contributed by atoms with E-state index in [1.807, 2.05) is 41.8 Å². The van der Waals surface area contributed by atoms with Gasteiger partial charge in [-0.05, 0) is 44.2 Å². The monoisotopic (exact) mass is 423 g/mol. The number of pyridine rings is 1. The summed E-state index contributed by atoms with van der Waals surface area (Å²) in [6, 6.07) is 11.3. The van der Waals surface area contributed by atoms with E-state index in [-0.39, 0.29) is 24.8 Å². The Bertz CT molecular complexity index is 1070. The molecule has 0 spiro atoms. The quantitative estimate of drug-likeness (QED) is 0.559. The van der Waals surface area contributed by atoms with Gasteiger partial charge in [-0.2, -0.15) is 0 Å². The highest BCUT2D eigenvalue weighted by Gasteiger charge is 2.32. The van der Waals surface area contributed by atoms with Crippen molar-refractivity contribution < 1.29 is 19.1 Å². The van der Waals surface area contributed by atoms with Crippen molar-refractivity contribution in [2.24, 2.45) is 0 Å². The zero-order valence-electron chi connectivity index (χ0n) is 16.7. The second kappa shape index (κ2) is 8.62. The summed E-state index contributed by atoms with van der Waals surface area (Å²) in [6.07, 6.45) is 1.25. The molecule has 3 aromatic rings. The first-order valence-electron chi connectivity index (χ1n) is 9.72. The van der Waals surface area contributed by atoms with Crippen LogP contribution in [0.3, 0.4) is 0 Å². The third-order valence-electron chi connectivity index (χ3n) is 4.70. The molecular formula is C22H21N3O4S. The van der Waals surface area contributed by atoms with Crippen molar-refractivity contribution in [3.63, 3.8) is 0 Å². The highest BCUT2D eigenvalue weighted by atomic mass is 32.1. The summed E-state index contributed by atoms with van der Waals surface area (Å²) in [4.78, 5) is 35.2. The summed E-state index contributed by atoms with van der Waals surface area (Å²) >= 11 is 1.51. The van der Waals surface area contributed by atoms with Crippen LogP contribution in [-0.2, 0) is 14.3 Å². The van der Waals surface area contributed by atoms with Crippen LogP contribution in [0.4, 0.5) is 5.69 Å². The molecule has 1 aromatic carbocycles. The molecule has 30 heavy (non-hydrogen) atoms. The molecular weight excluding hydrogens is 402 g/mol. The average molecular weight is 423 g/mol. The van der Waals surface area contributed by atoms with Crippen molar-refractivity contribution in [1.29, 1.82) is 0 Å². The topological polar surface area (TPSA) is 81.6 Å². The zero-order valence-corrected chi connectivity index (χ0v) is 17.5. The van der Waals surface area contributed by atoms with E-state index in [2.05, 4.69) is 4.98 Å². The molecule has 0 fully saturated rings. The third kappa shape index (κ3) is 4.04. The van der Waals surface area contributed by atoms with E-state index in [1.165, 1.54) is 11.3 Å². The van der Waals surface area contributed by atoms with Crippen LogP contribution in [0.25, 0.3) is 22.0 Å². The minimum atomic E-state index is -0.611. The Balaban J connectivity index is 1.63. The number of rotatable bonds is 6. The molecule has 1 amide bonds. The fraction of sp³-hybridized carbons (Fsp3) is 0.273. The van der Waals surface area contributed by atoms with Crippen LogP contribution in [0.15, 0.2) is 48.0 Å². The lowest BCUT2D eigenvalue weighted by atomic mass is 10.1. The van der Waals surface area contributed by atoms with E-state index in [4.69, 9.17) is 14.5 Å². The van der Waals surface area contributed by atoms with Gasteiger partial charge in [0.1, 0.15) is 10.8 Å². The number of esters is 1. The van der Waals surface area contributed by atoms with E-state index >= 15 is 0 Å². The smallest absolute Gasteiger partial charge is 0.307 e. The number of carbonyl (C=O) groups excluding carboxylic acids is 2. The summed E-state index contributed by atoms with van der Waals surface area (Å²) in [6.45, 7) is 4.01. The molecule has 0 saturated carbocycles. The van der Waals surface area contributed by atoms with E-state index in [0.29, 0.717) is 18.0 Å². The lowest BCUT2D eigenvalue weighted by Gasteiger charge is -2.33. The van der Waals surface area contributed by atoms with E-state index in [0.717, 1.165) is 22.0 Å². The molecule has 1 aliphatic rings. The molecule has 154 valence electrons. The maximum atomic E-state index is 12.7. The Hall–Kier alpha value is -3.26. The van der Waals surface area contributed by atoms with Crippen molar-refractivity contribution in [3.05, 3.63) is 48.0 Å². The number of anilines is 1. The molecule has 0 N–H and O–H groups in total. The average Bonchev–Trinajstić information content (AvgIpc) is 3.25. The summed E-state index contributed by atoms with van der Waals surface area (Å²) in [5.41, 5.74) is 3.10. The Morgan fingerprint density at radius 3 is 2.90 bits per heavy atom. The summed E-state index contributed by atoms with van der Waals surface area (Å²) in [7, 11) is 0. The van der Waals surface area contributed by atoms with Crippen molar-refractivity contribution in [3.8, 4) is 27.7 Å². The fourth-order valence-corrected chi connectivity index (χ4v) is 4.05. The van der Waals surface area contributed by atoms with Crippen molar-refractivity contribution in [2.75, 3.05) is 18.1 Å². The van der Waals surface area contributed by atoms with E-state index < -0.39 is 6.10 Å². The summed E-state index contributed by atoms with van der Waals surface area (Å²) in [5, 5.41) is 2.78. The van der Waals surface area contributed by atoms with Gasteiger partial charge in [-0.25, -0.2) is 4.98 Å². The van der Waals surface area contributed by atoms with Crippen LogP contribution in [0, 0.1) is 0 Å². The van der Waals surface area contributed by atoms with Crippen LogP contribution in [-0.4, -0.2) is 41.1 Å². The molecule has 2 aromatic heterocycles. The minimum absolute atomic E-state index is 0.122. The Morgan fingerprint density at radius 2 is 2.13 bits per heavy atom. The van der Waals surface area contributed by atoms with Crippen LogP contribution in [0.5, 0.6) is 5.75 Å². The second-order valence-corrected chi connectivity index (χ2v) is 7.60. The fourth-order valence-electron chi connectivity index (χ4n) is 3.25. The van der Waals surface area contributed by atoms with Gasteiger partial charge in [0.15, 0.2) is 6.10 Å². The van der Waals surface area contributed by atoms with Crippen molar-refractivity contribution in [1.82, 2.24) is 9.97 Å². The van der Waals surface area contributed by atoms with E-state index in [9.17, 15) is 9.59 Å². The molecule has 3 heterocycles. The first-order chi connectivity index (χ1) is 14.6. The predicted octanol–water partition coefficient (Wildman–Crippen LogP) is 3.94. The van der Waals surface area contributed by atoms with Gasteiger partial charge in [0, 0.05) is 23.7 Å². The molecule has 8 heteroatoms. The van der Waals surface area contributed by atoms with Gasteiger partial charge in [-0.3, -0.25) is 14.6 Å². The first kappa shape index (κ1) is 20.0. The van der Waals surface area contributed by atoms with E-state index in [1.54, 1.807) is 24.9 Å². The summed E-state index contributed by atoms with van der Waals surface area (Å²) in [5.74, 6) is 0.0907. The minimum Gasteiger partial charge on any atom is -0.479 e. The molecule has 0 aliphatic carbocycles. The predicted molar refractivity (Wildman–Crippen MR) is 114 cm³/mol. The maximum absolute atomic E-state index is 12.7. The number of carbonyl (C=O) groups is 2. The number of hydrogen-bond acceptors (Lipinski definition) is 7. The second-order valence-electron chi connectivity index (χ2n) is 6.74. The number of benzene rings is 1. The summed E-state index contributed by atoms with van der Waals surface area (Å²) < 4.78 is 10.8. The molecule has 0 bridgehead atoms. The molecule has 0 saturated heterocycles. The number of aromatic nitrogens is 2. The number of nitrogens with zero attached hydrogens (tertiary/aromatic N) is 3. The third-order valence-corrected chi connectivity index (χ3v) is 5.56. The first-order valence-corrected chi connectivity index (χ1v) is 10.6. The standard InChI is InChI=1S/C22H21N3O4S/c1-3-28-20(26)9-11-25-18-12-15(7-8-19(18)29-14(2)22(25)27)17-13-30-21(24-17)16-6-4-5-10-23-16/h4-8,10,12-14H,3,9,11H2,1-2H3. The van der Waals surface area contributed by atoms with Gasteiger partial charge in [0.2, 0.25) is 0 Å². The normalized spacial score (nSPS) is 15.5. The van der Waals surface area contributed by atoms with Crippen LogP contribution in [0.1, 0.15) is 20.3 Å². The van der Waals surface area contributed by atoms with Gasteiger partial charge < -0.3 is 14.4 Å². The highest BCUT2D eigenvalue weighted by molar-refractivity contribution is 7.13. The number of thiazole rings is 1. The molecule has 1 unspecified atom stereocenters. The van der Waals surface area contributed by atoms with Gasteiger partial charge >= 0.3 is 5.97 Å². The van der Waals surface area contributed by atoms with Crippen LogP contribution >= 0.6 is 11.3 Å².